The van der Waals surface area contributed by atoms with Crippen LogP contribution in [0.5, 0.6) is 0 Å². The summed E-state index contributed by atoms with van der Waals surface area (Å²) < 4.78 is 5.71. The van der Waals surface area contributed by atoms with Gasteiger partial charge in [-0.25, -0.2) is 4.98 Å². The van der Waals surface area contributed by atoms with E-state index in [1.54, 1.807) is 0 Å². The van der Waals surface area contributed by atoms with Crippen LogP contribution in [0, 0.1) is 0 Å². The molecule has 2 rings (SSSR count). The SMILES string of the molecule is CCOC1CCN(c2cc(CNC(C)(C)C)ccn2)CC1. The van der Waals surface area contributed by atoms with Crippen LogP contribution in [0.3, 0.4) is 0 Å². The van der Waals surface area contributed by atoms with Gasteiger partial charge in [0.2, 0.25) is 0 Å². The molecular weight excluding hydrogens is 262 g/mol. The third-order valence-electron chi connectivity index (χ3n) is 3.80. The van der Waals surface area contributed by atoms with Crippen molar-refractivity contribution in [2.24, 2.45) is 0 Å². The lowest BCUT2D eigenvalue weighted by atomic mass is 10.1. The molecule has 21 heavy (non-hydrogen) atoms. The van der Waals surface area contributed by atoms with Gasteiger partial charge in [0.15, 0.2) is 0 Å². The average Bonchev–Trinajstić information content (AvgIpc) is 2.46. The van der Waals surface area contributed by atoms with Crippen molar-refractivity contribution in [2.45, 2.75) is 58.7 Å². The summed E-state index contributed by atoms with van der Waals surface area (Å²) in [5.74, 6) is 1.10. The minimum Gasteiger partial charge on any atom is -0.378 e. The van der Waals surface area contributed by atoms with E-state index in [-0.39, 0.29) is 5.54 Å². The fourth-order valence-electron chi connectivity index (χ4n) is 2.60. The Hall–Kier alpha value is -1.13. The molecule has 0 bridgehead atoms. The molecule has 1 fully saturated rings. The van der Waals surface area contributed by atoms with Crippen LogP contribution < -0.4 is 10.2 Å². The molecule has 0 aromatic carbocycles. The van der Waals surface area contributed by atoms with Crippen LogP contribution in [0.25, 0.3) is 0 Å². The third kappa shape index (κ3) is 5.29. The molecule has 2 heterocycles. The lowest BCUT2D eigenvalue weighted by molar-refractivity contribution is 0.0458. The second kappa shape index (κ2) is 7.23. The number of hydrogen-bond donors (Lipinski definition) is 1. The predicted octanol–water partition coefficient (Wildman–Crippen LogP) is 2.98. The molecule has 0 atom stereocenters. The van der Waals surface area contributed by atoms with Gasteiger partial charge in [-0.15, -0.1) is 0 Å². The highest BCUT2D eigenvalue weighted by Gasteiger charge is 2.20. The molecule has 0 amide bonds. The van der Waals surface area contributed by atoms with Crippen LogP contribution in [-0.2, 0) is 11.3 Å². The Bertz CT molecular complexity index is 434. The van der Waals surface area contributed by atoms with Gasteiger partial charge in [-0.3, -0.25) is 0 Å². The predicted molar refractivity (Wildman–Crippen MR) is 87.7 cm³/mol. The fourth-order valence-corrected chi connectivity index (χ4v) is 2.60. The van der Waals surface area contributed by atoms with E-state index in [4.69, 9.17) is 4.74 Å². The third-order valence-corrected chi connectivity index (χ3v) is 3.80. The van der Waals surface area contributed by atoms with Crippen LogP contribution in [0.4, 0.5) is 5.82 Å². The number of piperidine rings is 1. The molecule has 118 valence electrons. The molecule has 0 spiro atoms. The minimum absolute atomic E-state index is 0.138. The maximum atomic E-state index is 5.71. The van der Waals surface area contributed by atoms with E-state index in [0.717, 1.165) is 44.9 Å². The minimum atomic E-state index is 0.138. The summed E-state index contributed by atoms with van der Waals surface area (Å²) in [5, 5.41) is 3.53. The smallest absolute Gasteiger partial charge is 0.128 e. The highest BCUT2D eigenvalue weighted by Crippen LogP contribution is 2.20. The zero-order valence-corrected chi connectivity index (χ0v) is 13.9. The highest BCUT2D eigenvalue weighted by molar-refractivity contribution is 5.41. The van der Waals surface area contributed by atoms with Gasteiger partial charge in [-0.05, 0) is 58.2 Å². The van der Waals surface area contributed by atoms with E-state index < -0.39 is 0 Å². The molecule has 1 saturated heterocycles. The number of anilines is 1. The highest BCUT2D eigenvalue weighted by atomic mass is 16.5. The van der Waals surface area contributed by atoms with Gasteiger partial charge in [0.05, 0.1) is 6.10 Å². The lowest BCUT2D eigenvalue weighted by Crippen LogP contribution is -2.38. The molecule has 1 aromatic heterocycles. The van der Waals surface area contributed by atoms with Crippen LogP contribution in [0.2, 0.25) is 0 Å². The molecule has 1 N–H and O–H groups in total. The number of nitrogens with one attached hydrogen (secondary N) is 1. The van der Waals surface area contributed by atoms with Crippen molar-refractivity contribution >= 4 is 5.82 Å². The summed E-state index contributed by atoms with van der Waals surface area (Å²) in [6.45, 7) is 12.4. The maximum absolute atomic E-state index is 5.71. The normalized spacial score (nSPS) is 17.2. The first-order valence-electron chi connectivity index (χ1n) is 8.04. The number of nitrogens with zero attached hydrogens (tertiary/aromatic N) is 2. The van der Waals surface area contributed by atoms with Crippen molar-refractivity contribution in [2.75, 3.05) is 24.6 Å². The van der Waals surface area contributed by atoms with Crippen LogP contribution in [-0.4, -0.2) is 36.3 Å². The second-order valence-electron chi connectivity index (χ2n) is 6.77. The van der Waals surface area contributed by atoms with Crippen molar-refractivity contribution in [3.8, 4) is 0 Å². The van der Waals surface area contributed by atoms with E-state index in [2.05, 4.69) is 55.0 Å². The standard InChI is InChI=1S/C17H29N3O/c1-5-21-15-7-10-20(11-8-15)16-12-14(6-9-18-16)13-19-17(2,3)4/h6,9,12,15,19H,5,7-8,10-11,13H2,1-4H3. The molecule has 0 aliphatic carbocycles. The summed E-state index contributed by atoms with van der Waals surface area (Å²) in [7, 11) is 0. The van der Waals surface area contributed by atoms with Gasteiger partial charge >= 0.3 is 0 Å². The van der Waals surface area contributed by atoms with Crippen molar-refractivity contribution < 1.29 is 4.74 Å². The summed E-state index contributed by atoms with van der Waals surface area (Å²) in [6, 6.07) is 4.30. The van der Waals surface area contributed by atoms with Crippen molar-refractivity contribution in [3.63, 3.8) is 0 Å². The average molecular weight is 291 g/mol. The van der Waals surface area contributed by atoms with Gasteiger partial charge in [-0.1, -0.05) is 0 Å². The van der Waals surface area contributed by atoms with E-state index in [1.165, 1.54) is 5.56 Å². The second-order valence-corrected chi connectivity index (χ2v) is 6.77. The van der Waals surface area contributed by atoms with Crippen molar-refractivity contribution in [1.82, 2.24) is 10.3 Å². The van der Waals surface area contributed by atoms with Crippen LogP contribution in [0.15, 0.2) is 18.3 Å². The number of ether oxygens (including phenoxy) is 1. The topological polar surface area (TPSA) is 37.4 Å². The van der Waals surface area contributed by atoms with E-state index >= 15 is 0 Å². The van der Waals surface area contributed by atoms with E-state index in [9.17, 15) is 0 Å². The van der Waals surface area contributed by atoms with E-state index in [0.29, 0.717) is 6.10 Å². The Morgan fingerprint density at radius 2 is 2.05 bits per heavy atom. The van der Waals surface area contributed by atoms with Gasteiger partial charge in [0.25, 0.3) is 0 Å². The number of pyridine rings is 1. The Labute approximate surface area is 128 Å². The summed E-state index contributed by atoms with van der Waals surface area (Å²) in [4.78, 5) is 6.91. The summed E-state index contributed by atoms with van der Waals surface area (Å²) in [5.41, 5.74) is 1.43. The van der Waals surface area contributed by atoms with Gasteiger partial charge in [-0.2, -0.15) is 0 Å². The van der Waals surface area contributed by atoms with Crippen molar-refractivity contribution in [1.29, 1.82) is 0 Å². The quantitative estimate of drug-likeness (QED) is 0.905. The first-order valence-corrected chi connectivity index (χ1v) is 8.04. The van der Waals surface area contributed by atoms with Gasteiger partial charge in [0.1, 0.15) is 5.82 Å². The Kier molecular flexibility index (Phi) is 5.59. The molecule has 1 aliphatic heterocycles. The molecule has 1 aliphatic rings. The van der Waals surface area contributed by atoms with Crippen LogP contribution in [0.1, 0.15) is 46.1 Å². The largest absolute Gasteiger partial charge is 0.378 e. The molecule has 0 saturated carbocycles. The zero-order valence-electron chi connectivity index (χ0n) is 13.9. The first kappa shape index (κ1) is 16.2. The number of rotatable bonds is 5. The van der Waals surface area contributed by atoms with Crippen LogP contribution >= 0.6 is 0 Å². The monoisotopic (exact) mass is 291 g/mol. The maximum Gasteiger partial charge on any atom is 0.128 e. The molecule has 4 nitrogen and oxygen atoms in total. The molecule has 0 unspecified atom stereocenters. The number of hydrogen-bond acceptors (Lipinski definition) is 4. The Balaban J connectivity index is 1.92. The molecule has 4 heteroatoms. The summed E-state index contributed by atoms with van der Waals surface area (Å²) in [6.07, 6.45) is 4.54. The first-order chi connectivity index (χ1) is 9.98. The molecule has 0 radical (unpaired) electrons. The zero-order chi connectivity index (χ0) is 15.3. The van der Waals surface area contributed by atoms with Crippen molar-refractivity contribution in [3.05, 3.63) is 23.9 Å². The summed E-state index contributed by atoms with van der Waals surface area (Å²) >= 11 is 0. The molecule has 1 aromatic rings. The fraction of sp³-hybridized carbons (Fsp3) is 0.706. The van der Waals surface area contributed by atoms with E-state index in [1.807, 2.05) is 6.20 Å². The molecular formula is C17H29N3O. The Morgan fingerprint density at radius 3 is 2.67 bits per heavy atom. The lowest BCUT2D eigenvalue weighted by Gasteiger charge is -2.32. The van der Waals surface area contributed by atoms with Gasteiger partial charge in [0, 0.05) is 38.0 Å². The number of aromatic nitrogens is 1. The Morgan fingerprint density at radius 1 is 1.33 bits per heavy atom. The van der Waals surface area contributed by atoms with Gasteiger partial charge < -0.3 is 15.0 Å².